The lowest BCUT2D eigenvalue weighted by molar-refractivity contribution is 0.594. The maximum Gasteiger partial charge on any atom is 0.0443 e. The van der Waals surface area contributed by atoms with Crippen molar-refractivity contribution in [2.75, 3.05) is 0 Å². The van der Waals surface area contributed by atoms with Gasteiger partial charge < -0.3 is 0 Å². The van der Waals surface area contributed by atoms with Crippen LogP contribution in [0.3, 0.4) is 0 Å². The number of rotatable bonds is 2. The molecule has 14 heavy (non-hydrogen) atoms. The summed E-state index contributed by atoms with van der Waals surface area (Å²) in [7, 11) is 0. The highest BCUT2D eigenvalue weighted by Gasteiger charge is 2.12. The molecule has 0 fully saturated rings. The van der Waals surface area contributed by atoms with Gasteiger partial charge in [-0.3, -0.25) is 4.98 Å². The normalized spacial score (nSPS) is 13.9. The molecule has 2 atom stereocenters. The zero-order valence-electron chi connectivity index (χ0n) is 9.12. The van der Waals surface area contributed by atoms with Crippen LogP contribution >= 0.6 is 0 Å². The first-order valence-electron chi connectivity index (χ1n) is 5.15. The Hall–Kier alpha value is -1.29. The van der Waals surface area contributed by atoms with Gasteiger partial charge in [0.2, 0.25) is 0 Å². The van der Waals surface area contributed by atoms with Gasteiger partial charge in [0.15, 0.2) is 0 Å². The van der Waals surface area contributed by atoms with Gasteiger partial charge in [-0.1, -0.05) is 32.8 Å². The predicted molar refractivity (Wildman–Crippen MR) is 59.9 cm³/mol. The van der Waals surface area contributed by atoms with E-state index in [2.05, 4.69) is 43.7 Å². The number of hydrogen-bond acceptors (Lipinski definition) is 1. The van der Waals surface area contributed by atoms with E-state index in [1.807, 2.05) is 18.3 Å². The van der Waals surface area contributed by atoms with Crippen LogP contribution < -0.4 is 0 Å². The Kier molecular flexibility index (Phi) is 4.19. The monoisotopic (exact) mass is 187 g/mol. The van der Waals surface area contributed by atoms with Crippen molar-refractivity contribution in [1.82, 2.24) is 4.98 Å². The predicted octanol–water partition coefficient (Wildman–Crippen LogP) is 3.23. The minimum atomic E-state index is 0.379. The molecular weight excluding hydrogens is 170 g/mol. The Balaban J connectivity index is 2.70. The molecule has 1 heterocycles. The summed E-state index contributed by atoms with van der Waals surface area (Å²) in [5.74, 6) is 7.15. The average molecular weight is 187 g/mol. The van der Waals surface area contributed by atoms with E-state index in [9.17, 15) is 0 Å². The molecule has 1 aromatic heterocycles. The van der Waals surface area contributed by atoms with Crippen LogP contribution in [0.1, 0.15) is 38.8 Å². The summed E-state index contributed by atoms with van der Waals surface area (Å²) in [6.45, 7) is 6.41. The summed E-state index contributed by atoms with van der Waals surface area (Å²) in [6.07, 6.45) is 2.77. The van der Waals surface area contributed by atoms with Gasteiger partial charge in [0, 0.05) is 30.1 Å². The molecule has 0 N–H and O–H groups in total. The van der Waals surface area contributed by atoms with Crippen molar-refractivity contribution in [2.45, 2.75) is 33.1 Å². The van der Waals surface area contributed by atoms with Crippen LogP contribution in [0.2, 0.25) is 0 Å². The summed E-state index contributed by atoms with van der Waals surface area (Å²) >= 11 is 0. The quantitative estimate of drug-likeness (QED) is 0.648. The van der Waals surface area contributed by atoms with E-state index in [4.69, 9.17) is 0 Å². The zero-order chi connectivity index (χ0) is 10.4. The second kappa shape index (κ2) is 5.44. The third-order valence-corrected chi connectivity index (χ3v) is 2.41. The summed E-state index contributed by atoms with van der Waals surface area (Å²) in [4.78, 5) is 4.34. The number of hydrogen-bond donors (Lipinski definition) is 0. The van der Waals surface area contributed by atoms with Crippen LogP contribution in [-0.2, 0) is 0 Å². The number of nitrogens with zero attached hydrogens (tertiary/aromatic N) is 1. The molecule has 2 unspecified atom stereocenters. The molecule has 0 aliphatic rings. The third-order valence-electron chi connectivity index (χ3n) is 2.41. The van der Waals surface area contributed by atoms with Crippen LogP contribution in [0.15, 0.2) is 24.4 Å². The fourth-order valence-corrected chi connectivity index (χ4v) is 1.29. The second-order valence-electron chi connectivity index (χ2n) is 3.51. The third kappa shape index (κ3) is 2.88. The van der Waals surface area contributed by atoms with Crippen LogP contribution in [0.25, 0.3) is 0 Å². The fraction of sp³-hybridized carbons (Fsp3) is 0.462. The fourth-order valence-electron chi connectivity index (χ4n) is 1.29. The molecule has 0 aliphatic carbocycles. The molecule has 1 rings (SSSR count). The standard InChI is InChI=1S/C13H17N/c1-4-5-8-11(2)12(3)13-9-6-7-10-14-13/h6-7,9-12H,4H2,1-3H3. The lowest BCUT2D eigenvalue weighted by Crippen LogP contribution is -2.05. The zero-order valence-corrected chi connectivity index (χ0v) is 9.12. The van der Waals surface area contributed by atoms with Crippen molar-refractivity contribution in [3.63, 3.8) is 0 Å². The molecule has 0 saturated heterocycles. The molecule has 0 aromatic carbocycles. The topological polar surface area (TPSA) is 12.9 Å². The molecule has 0 spiro atoms. The second-order valence-corrected chi connectivity index (χ2v) is 3.51. The van der Waals surface area contributed by atoms with Gasteiger partial charge in [-0.25, -0.2) is 0 Å². The molecule has 0 radical (unpaired) electrons. The first-order chi connectivity index (χ1) is 6.75. The highest BCUT2D eigenvalue weighted by atomic mass is 14.7. The van der Waals surface area contributed by atoms with Crippen molar-refractivity contribution in [2.24, 2.45) is 5.92 Å². The maximum atomic E-state index is 4.34. The SMILES string of the molecule is CCC#CC(C)C(C)c1ccccn1. The molecule has 1 nitrogen and oxygen atoms in total. The van der Waals surface area contributed by atoms with Crippen molar-refractivity contribution in [3.8, 4) is 11.8 Å². The highest BCUT2D eigenvalue weighted by molar-refractivity contribution is 5.15. The molecule has 0 saturated carbocycles. The summed E-state index contributed by atoms with van der Waals surface area (Å²) in [6, 6.07) is 6.03. The van der Waals surface area contributed by atoms with Crippen LogP contribution in [0, 0.1) is 17.8 Å². The summed E-state index contributed by atoms with van der Waals surface area (Å²) in [5.41, 5.74) is 1.13. The lowest BCUT2D eigenvalue weighted by atomic mass is 9.93. The van der Waals surface area contributed by atoms with Crippen LogP contribution in [0.5, 0.6) is 0 Å². The van der Waals surface area contributed by atoms with Gasteiger partial charge in [0.1, 0.15) is 0 Å². The van der Waals surface area contributed by atoms with Gasteiger partial charge in [-0.05, 0) is 12.1 Å². The van der Waals surface area contributed by atoms with Gasteiger partial charge in [-0.2, -0.15) is 0 Å². The van der Waals surface area contributed by atoms with Gasteiger partial charge in [-0.15, -0.1) is 5.92 Å². The van der Waals surface area contributed by atoms with Crippen LogP contribution in [0.4, 0.5) is 0 Å². The largest absolute Gasteiger partial charge is 0.261 e. The summed E-state index contributed by atoms with van der Waals surface area (Å²) in [5, 5.41) is 0. The molecule has 74 valence electrons. The van der Waals surface area contributed by atoms with Crippen molar-refractivity contribution in [1.29, 1.82) is 0 Å². The molecular formula is C13H17N. The Morgan fingerprint density at radius 1 is 1.36 bits per heavy atom. The molecule has 1 aromatic rings. The molecule has 0 bridgehead atoms. The summed E-state index contributed by atoms with van der Waals surface area (Å²) < 4.78 is 0. The first-order valence-corrected chi connectivity index (χ1v) is 5.15. The minimum absolute atomic E-state index is 0.379. The van der Waals surface area contributed by atoms with Gasteiger partial charge >= 0.3 is 0 Å². The smallest absolute Gasteiger partial charge is 0.0443 e. The van der Waals surface area contributed by atoms with E-state index < -0.39 is 0 Å². The molecule has 0 aliphatic heterocycles. The van der Waals surface area contributed by atoms with Gasteiger partial charge in [0.05, 0.1) is 0 Å². The molecule has 0 amide bonds. The van der Waals surface area contributed by atoms with Crippen molar-refractivity contribution >= 4 is 0 Å². The van der Waals surface area contributed by atoms with Crippen LogP contribution in [-0.4, -0.2) is 4.98 Å². The Bertz CT molecular complexity index is 318. The maximum absolute atomic E-state index is 4.34. The van der Waals surface area contributed by atoms with E-state index >= 15 is 0 Å². The minimum Gasteiger partial charge on any atom is -0.261 e. The van der Waals surface area contributed by atoms with E-state index in [1.165, 1.54) is 0 Å². The van der Waals surface area contributed by atoms with E-state index in [0.717, 1.165) is 12.1 Å². The van der Waals surface area contributed by atoms with E-state index in [1.54, 1.807) is 0 Å². The average Bonchev–Trinajstić information content (AvgIpc) is 2.26. The highest BCUT2D eigenvalue weighted by Crippen LogP contribution is 2.20. The Morgan fingerprint density at radius 3 is 2.71 bits per heavy atom. The van der Waals surface area contributed by atoms with Gasteiger partial charge in [0.25, 0.3) is 0 Å². The molecule has 1 heteroatoms. The van der Waals surface area contributed by atoms with Crippen molar-refractivity contribution in [3.05, 3.63) is 30.1 Å². The van der Waals surface area contributed by atoms with Crippen molar-refractivity contribution < 1.29 is 0 Å². The lowest BCUT2D eigenvalue weighted by Gasteiger charge is -2.13. The Labute approximate surface area is 86.6 Å². The van der Waals surface area contributed by atoms with E-state index in [-0.39, 0.29) is 0 Å². The first kappa shape index (κ1) is 10.8. The number of aromatic nitrogens is 1. The number of pyridine rings is 1. The Morgan fingerprint density at radius 2 is 2.14 bits per heavy atom. The van der Waals surface area contributed by atoms with E-state index in [0.29, 0.717) is 11.8 Å².